The van der Waals surface area contributed by atoms with Gasteiger partial charge in [0.05, 0.1) is 5.56 Å². The number of aryl methyl sites for hydroxylation is 1. The summed E-state index contributed by atoms with van der Waals surface area (Å²) in [5, 5.41) is 0. The minimum absolute atomic E-state index is 0.634. The van der Waals surface area contributed by atoms with E-state index in [9.17, 15) is 0 Å². The van der Waals surface area contributed by atoms with E-state index in [1.54, 1.807) is 0 Å². The maximum Gasteiger partial charge on any atom is 0.228 e. The molecule has 108 valence electrons. The van der Waals surface area contributed by atoms with Crippen molar-refractivity contribution in [2.24, 2.45) is 0 Å². The first-order chi connectivity index (χ1) is 10.7. The second kappa shape index (κ2) is 5.14. The minimum atomic E-state index is 0.634. The topological polar surface area (TPSA) is 31.0 Å². The smallest absolute Gasteiger partial charge is 0.228 e. The molecule has 3 nitrogen and oxygen atoms in total. The zero-order valence-electron chi connectivity index (χ0n) is 12.0. The summed E-state index contributed by atoms with van der Waals surface area (Å²) >= 11 is 3.55. The first kappa shape index (κ1) is 13.3. The Labute approximate surface area is 136 Å². The Kier molecular flexibility index (Phi) is 3.12. The van der Waals surface area contributed by atoms with E-state index in [0.29, 0.717) is 5.89 Å². The van der Waals surface area contributed by atoms with Crippen molar-refractivity contribution in [3.05, 3.63) is 71.0 Å². The monoisotopic (exact) mass is 352 g/mol. The molecule has 2 heterocycles. The summed E-state index contributed by atoms with van der Waals surface area (Å²) in [6.45, 7) is 2.05. The van der Waals surface area contributed by atoms with Gasteiger partial charge in [-0.1, -0.05) is 12.1 Å². The van der Waals surface area contributed by atoms with Crippen molar-refractivity contribution in [1.29, 1.82) is 0 Å². The third-order valence-corrected chi connectivity index (χ3v) is 4.36. The molecular weight excluding hydrogens is 340 g/mol. The second-order valence-corrected chi connectivity index (χ2v) is 6.05. The average Bonchev–Trinajstić information content (AvgIpc) is 3.17. The van der Waals surface area contributed by atoms with E-state index < -0.39 is 0 Å². The fourth-order valence-corrected chi connectivity index (χ4v) is 3.04. The molecule has 0 N–H and O–H groups in total. The van der Waals surface area contributed by atoms with Crippen LogP contribution in [0.2, 0.25) is 0 Å². The van der Waals surface area contributed by atoms with Crippen LogP contribution in [0.3, 0.4) is 0 Å². The molecule has 2 aromatic carbocycles. The Hall–Kier alpha value is -2.33. The fourth-order valence-electron chi connectivity index (χ4n) is 2.59. The van der Waals surface area contributed by atoms with Crippen molar-refractivity contribution in [2.75, 3.05) is 0 Å². The lowest BCUT2D eigenvalue weighted by molar-refractivity contribution is 0.617. The molecule has 4 heteroatoms. The standard InChI is InChI=1S/C18H13BrN2O/c1-12-10-13(21-8-4-5-9-21)11-16-17(12)22-18(20-16)14-6-2-3-7-15(14)19/h2-11H,1H3. The summed E-state index contributed by atoms with van der Waals surface area (Å²) in [6, 6.07) is 16.1. The minimum Gasteiger partial charge on any atom is -0.436 e. The number of fused-ring (bicyclic) bond motifs is 1. The zero-order chi connectivity index (χ0) is 15.1. The van der Waals surface area contributed by atoms with E-state index in [-0.39, 0.29) is 0 Å². The molecule has 0 aliphatic heterocycles. The van der Waals surface area contributed by atoms with Crippen molar-refractivity contribution in [1.82, 2.24) is 9.55 Å². The van der Waals surface area contributed by atoms with Gasteiger partial charge in [0.1, 0.15) is 5.52 Å². The van der Waals surface area contributed by atoms with Gasteiger partial charge in [-0.05, 0) is 64.8 Å². The first-order valence-corrected chi connectivity index (χ1v) is 7.81. The predicted molar refractivity (Wildman–Crippen MR) is 91.2 cm³/mol. The molecule has 0 atom stereocenters. The number of benzene rings is 2. The summed E-state index contributed by atoms with van der Waals surface area (Å²) in [6.07, 6.45) is 4.05. The summed E-state index contributed by atoms with van der Waals surface area (Å²) in [7, 11) is 0. The lowest BCUT2D eigenvalue weighted by Crippen LogP contribution is -1.90. The van der Waals surface area contributed by atoms with Crippen LogP contribution in [0.4, 0.5) is 0 Å². The van der Waals surface area contributed by atoms with E-state index in [2.05, 4.69) is 31.5 Å². The van der Waals surface area contributed by atoms with Gasteiger partial charge in [-0.15, -0.1) is 0 Å². The van der Waals surface area contributed by atoms with Gasteiger partial charge in [0, 0.05) is 22.6 Å². The molecule has 0 fully saturated rings. The summed E-state index contributed by atoms with van der Waals surface area (Å²) in [4.78, 5) is 4.67. The van der Waals surface area contributed by atoms with Gasteiger partial charge in [-0.25, -0.2) is 4.98 Å². The van der Waals surface area contributed by atoms with E-state index in [0.717, 1.165) is 32.4 Å². The molecule has 0 amide bonds. The molecule has 0 radical (unpaired) electrons. The second-order valence-electron chi connectivity index (χ2n) is 5.20. The largest absolute Gasteiger partial charge is 0.436 e. The quantitative estimate of drug-likeness (QED) is 0.486. The maximum atomic E-state index is 5.99. The number of hydrogen-bond donors (Lipinski definition) is 0. The van der Waals surface area contributed by atoms with Crippen molar-refractivity contribution in [3.63, 3.8) is 0 Å². The molecule has 0 spiro atoms. The lowest BCUT2D eigenvalue weighted by Gasteiger charge is -2.03. The van der Waals surface area contributed by atoms with Gasteiger partial charge in [0.25, 0.3) is 0 Å². The van der Waals surface area contributed by atoms with Gasteiger partial charge >= 0.3 is 0 Å². The molecule has 0 unspecified atom stereocenters. The average molecular weight is 353 g/mol. The van der Waals surface area contributed by atoms with Crippen LogP contribution >= 0.6 is 15.9 Å². The number of oxazole rings is 1. The SMILES string of the molecule is Cc1cc(-n2cccc2)cc2nc(-c3ccccc3Br)oc12. The van der Waals surface area contributed by atoms with E-state index in [4.69, 9.17) is 4.42 Å². The Bertz CT molecular complexity index is 955. The Morgan fingerprint density at radius 2 is 1.82 bits per heavy atom. The van der Waals surface area contributed by atoms with Crippen LogP contribution in [0.1, 0.15) is 5.56 Å². The molecule has 22 heavy (non-hydrogen) atoms. The van der Waals surface area contributed by atoms with Crippen molar-refractivity contribution in [3.8, 4) is 17.1 Å². The lowest BCUT2D eigenvalue weighted by atomic mass is 10.2. The number of hydrogen-bond acceptors (Lipinski definition) is 2. The number of nitrogens with zero attached hydrogens (tertiary/aromatic N) is 2. The summed E-state index contributed by atoms with van der Waals surface area (Å²) in [5.41, 5.74) is 4.82. The van der Waals surface area contributed by atoms with Gasteiger partial charge < -0.3 is 8.98 Å². The molecule has 2 aromatic heterocycles. The van der Waals surface area contributed by atoms with Crippen molar-refractivity contribution < 1.29 is 4.42 Å². The summed E-state index contributed by atoms with van der Waals surface area (Å²) in [5.74, 6) is 0.634. The molecule has 4 aromatic rings. The zero-order valence-corrected chi connectivity index (χ0v) is 13.5. The highest BCUT2D eigenvalue weighted by Crippen LogP contribution is 2.32. The highest BCUT2D eigenvalue weighted by molar-refractivity contribution is 9.10. The molecular formula is C18H13BrN2O. The molecule has 0 saturated heterocycles. The van der Waals surface area contributed by atoms with Crippen LogP contribution in [0.25, 0.3) is 28.2 Å². The van der Waals surface area contributed by atoms with Gasteiger partial charge in [0.2, 0.25) is 5.89 Å². The van der Waals surface area contributed by atoms with Gasteiger partial charge in [-0.3, -0.25) is 0 Å². The van der Waals surface area contributed by atoms with Crippen LogP contribution in [0.15, 0.2) is 69.8 Å². The summed E-state index contributed by atoms with van der Waals surface area (Å²) < 4.78 is 9.03. The van der Waals surface area contributed by atoms with Crippen molar-refractivity contribution >= 4 is 27.0 Å². The van der Waals surface area contributed by atoms with Crippen LogP contribution < -0.4 is 0 Å². The normalized spacial score (nSPS) is 11.2. The van der Waals surface area contributed by atoms with Gasteiger partial charge in [-0.2, -0.15) is 0 Å². The highest BCUT2D eigenvalue weighted by atomic mass is 79.9. The van der Waals surface area contributed by atoms with E-state index in [1.165, 1.54) is 0 Å². The Morgan fingerprint density at radius 1 is 1.05 bits per heavy atom. The third-order valence-electron chi connectivity index (χ3n) is 3.67. The fraction of sp³-hybridized carbons (Fsp3) is 0.0556. The highest BCUT2D eigenvalue weighted by Gasteiger charge is 2.13. The molecule has 0 bridgehead atoms. The molecule has 0 aliphatic rings. The van der Waals surface area contributed by atoms with Gasteiger partial charge in [0.15, 0.2) is 5.58 Å². The Balaban J connectivity index is 1.91. The van der Waals surface area contributed by atoms with Crippen LogP contribution in [0, 0.1) is 6.92 Å². The van der Waals surface area contributed by atoms with E-state index >= 15 is 0 Å². The van der Waals surface area contributed by atoms with Crippen LogP contribution in [-0.4, -0.2) is 9.55 Å². The third kappa shape index (κ3) is 2.16. The number of aromatic nitrogens is 2. The van der Waals surface area contributed by atoms with E-state index in [1.807, 2.05) is 61.8 Å². The molecule has 0 saturated carbocycles. The molecule has 4 rings (SSSR count). The number of rotatable bonds is 2. The first-order valence-electron chi connectivity index (χ1n) is 7.02. The van der Waals surface area contributed by atoms with Crippen LogP contribution in [0.5, 0.6) is 0 Å². The predicted octanol–water partition coefficient (Wildman–Crippen LogP) is 5.36. The Morgan fingerprint density at radius 3 is 2.59 bits per heavy atom. The number of halogens is 1. The van der Waals surface area contributed by atoms with Crippen molar-refractivity contribution in [2.45, 2.75) is 6.92 Å². The van der Waals surface area contributed by atoms with Crippen LogP contribution in [-0.2, 0) is 0 Å². The maximum absolute atomic E-state index is 5.99. The molecule has 0 aliphatic carbocycles.